The van der Waals surface area contributed by atoms with Crippen LogP contribution in [-0.4, -0.2) is 40.6 Å². The zero-order chi connectivity index (χ0) is 25.1. The Morgan fingerprint density at radius 2 is 1.94 bits per heavy atom. The van der Waals surface area contributed by atoms with E-state index in [-0.39, 0.29) is 18.0 Å². The summed E-state index contributed by atoms with van der Waals surface area (Å²) in [6.45, 7) is 5.07. The number of oxazole rings is 1. The highest BCUT2D eigenvalue weighted by molar-refractivity contribution is 5.84. The number of amides is 1. The number of rotatable bonds is 9. The van der Waals surface area contributed by atoms with Crippen molar-refractivity contribution in [3.8, 4) is 23.0 Å². The van der Waals surface area contributed by atoms with Crippen LogP contribution in [0, 0.1) is 6.92 Å². The number of para-hydroxylation sites is 1. The summed E-state index contributed by atoms with van der Waals surface area (Å²) in [5.74, 6) is 2.91. The molecule has 2 aromatic carbocycles. The molecule has 1 amide bonds. The molecule has 1 N–H and O–H groups in total. The van der Waals surface area contributed by atoms with Crippen LogP contribution in [0.15, 0.2) is 65.3 Å². The molecule has 0 spiro atoms. The number of aryl methyl sites for hydroxylation is 1. The summed E-state index contributed by atoms with van der Waals surface area (Å²) in [6, 6.07) is 15.3. The molecular formula is C28H32N4O4. The minimum absolute atomic E-state index is 0.00293. The fourth-order valence-electron chi connectivity index (χ4n) is 4.59. The molecule has 36 heavy (non-hydrogen) atoms. The van der Waals surface area contributed by atoms with Crippen molar-refractivity contribution >= 4 is 5.91 Å². The second-order valence-electron chi connectivity index (χ2n) is 9.09. The molecule has 0 aliphatic carbocycles. The van der Waals surface area contributed by atoms with E-state index in [1.165, 1.54) is 0 Å². The number of benzene rings is 2. The molecule has 2 aliphatic heterocycles. The van der Waals surface area contributed by atoms with Gasteiger partial charge in [0.2, 0.25) is 5.89 Å². The quantitative estimate of drug-likeness (QED) is 0.426. The average Bonchev–Trinajstić information content (AvgIpc) is 3.50. The van der Waals surface area contributed by atoms with Crippen molar-refractivity contribution in [1.29, 1.82) is 0 Å². The van der Waals surface area contributed by atoms with Crippen LogP contribution < -0.4 is 14.9 Å². The number of unbranched alkanes of at least 4 members (excludes halogenated alkanes) is 1. The second-order valence-corrected chi connectivity index (χ2v) is 9.09. The molecule has 188 valence electrons. The third kappa shape index (κ3) is 4.81. The maximum atomic E-state index is 13.4. The normalized spacial score (nSPS) is 19.0. The number of hydrazine groups is 1. The lowest BCUT2D eigenvalue weighted by molar-refractivity contribution is -0.135. The highest BCUT2D eigenvalue weighted by Crippen LogP contribution is 2.36. The molecule has 1 aromatic heterocycles. The van der Waals surface area contributed by atoms with E-state index in [0.717, 1.165) is 41.2 Å². The van der Waals surface area contributed by atoms with Crippen LogP contribution in [-0.2, 0) is 11.3 Å². The van der Waals surface area contributed by atoms with Crippen molar-refractivity contribution in [2.45, 2.75) is 51.7 Å². The number of ether oxygens (including phenoxy) is 2. The van der Waals surface area contributed by atoms with Crippen LogP contribution in [0.1, 0.15) is 49.2 Å². The van der Waals surface area contributed by atoms with Crippen LogP contribution in [0.4, 0.5) is 0 Å². The van der Waals surface area contributed by atoms with Gasteiger partial charge in [0, 0.05) is 23.5 Å². The molecule has 3 heterocycles. The number of hydrogen-bond donors (Lipinski definition) is 1. The van der Waals surface area contributed by atoms with Gasteiger partial charge in [-0.1, -0.05) is 31.5 Å². The van der Waals surface area contributed by atoms with Crippen LogP contribution in [0.3, 0.4) is 0 Å². The zero-order valence-corrected chi connectivity index (χ0v) is 20.9. The molecule has 0 radical (unpaired) electrons. The van der Waals surface area contributed by atoms with E-state index in [2.05, 4.69) is 23.4 Å². The van der Waals surface area contributed by atoms with Crippen molar-refractivity contribution in [1.82, 2.24) is 20.3 Å². The van der Waals surface area contributed by atoms with E-state index in [1.807, 2.05) is 60.6 Å². The molecule has 2 unspecified atom stereocenters. The second kappa shape index (κ2) is 10.5. The first-order valence-electron chi connectivity index (χ1n) is 12.4. The summed E-state index contributed by atoms with van der Waals surface area (Å²) < 4.78 is 17.2. The molecule has 0 saturated carbocycles. The number of aromatic nitrogens is 1. The van der Waals surface area contributed by atoms with E-state index in [9.17, 15) is 4.79 Å². The first-order chi connectivity index (χ1) is 17.6. The lowest BCUT2D eigenvalue weighted by atomic mass is 10.00. The summed E-state index contributed by atoms with van der Waals surface area (Å²) in [6.07, 6.45) is 6.48. The van der Waals surface area contributed by atoms with Crippen LogP contribution in [0.5, 0.6) is 11.5 Å². The monoisotopic (exact) mass is 488 g/mol. The Hall–Kier alpha value is -3.78. The highest BCUT2D eigenvalue weighted by atomic mass is 16.5. The van der Waals surface area contributed by atoms with Gasteiger partial charge in [-0.2, -0.15) is 0 Å². The topological polar surface area (TPSA) is 80.1 Å². The molecular weight excluding hydrogens is 456 g/mol. The van der Waals surface area contributed by atoms with E-state index in [4.69, 9.17) is 13.9 Å². The standard InChI is InChI=1S/C28H32N4O4/c1-4-5-16-35-26-9-7-6-8-22(26)23-17-25-28(33)31(14-15-32(25)30-23)18-24-19(2)36-27(29-24)20-10-12-21(34-3)13-11-20/h6-15,23,25,30H,4-5,16-18H2,1-3H3. The third-order valence-corrected chi connectivity index (χ3v) is 6.67. The first-order valence-corrected chi connectivity index (χ1v) is 12.4. The summed E-state index contributed by atoms with van der Waals surface area (Å²) in [5, 5.41) is 1.91. The number of carbonyl (C=O) groups excluding carboxylic acids is 1. The number of nitrogens with one attached hydrogen (secondary N) is 1. The van der Waals surface area contributed by atoms with E-state index < -0.39 is 0 Å². The summed E-state index contributed by atoms with van der Waals surface area (Å²) in [5.41, 5.74) is 6.15. The smallest absolute Gasteiger partial charge is 0.251 e. The molecule has 0 bridgehead atoms. The maximum absolute atomic E-state index is 13.4. The van der Waals surface area contributed by atoms with Crippen molar-refractivity contribution in [2.75, 3.05) is 13.7 Å². The van der Waals surface area contributed by atoms with Crippen LogP contribution in [0.2, 0.25) is 0 Å². The van der Waals surface area contributed by atoms with Gasteiger partial charge in [0.05, 0.1) is 26.3 Å². The Morgan fingerprint density at radius 3 is 2.72 bits per heavy atom. The van der Waals surface area contributed by atoms with Gasteiger partial charge in [-0.15, -0.1) is 0 Å². The molecule has 1 fully saturated rings. The average molecular weight is 489 g/mol. The van der Waals surface area contributed by atoms with Crippen LogP contribution >= 0.6 is 0 Å². The first kappa shape index (κ1) is 23.9. The van der Waals surface area contributed by atoms with E-state index in [0.29, 0.717) is 31.2 Å². The Morgan fingerprint density at radius 1 is 1.14 bits per heavy atom. The van der Waals surface area contributed by atoms with Crippen LogP contribution in [0.25, 0.3) is 11.5 Å². The SMILES string of the molecule is CCCCOc1ccccc1C1CC2C(=O)N(Cc3nc(-c4ccc(OC)cc4)oc3C)C=CN2N1. The van der Waals surface area contributed by atoms with Gasteiger partial charge < -0.3 is 23.8 Å². The molecule has 8 nitrogen and oxygen atoms in total. The van der Waals surface area contributed by atoms with Crippen molar-refractivity contribution < 1.29 is 18.7 Å². The molecule has 3 aromatic rings. The van der Waals surface area contributed by atoms with Crippen molar-refractivity contribution in [3.63, 3.8) is 0 Å². The Balaban J connectivity index is 1.28. The lowest BCUT2D eigenvalue weighted by Crippen LogP contribution is -2.47. The fraction of sp³-hybridized carbons (Fsp3) is 0.357. The summed E-state index contributed by atoms with van der Waals surface area (Å²) >= 11 is 0. The van der Waals surface area contributed by atoms with Gasteiger partial charge in [0.25, 0.3) is 5.91 Å². The summed E-state index contributed by atoms with van der Waals surface area (Å²) in [7, 11) is 1.63. The molecule has 1 saturated heterocycles. The number of carbonyl (C=O) groups is 1. The van der Waals surface area contributed by atoms with Gasteiger partial charge in [0.15, 0.2) is 0 Å². The maximum Gasteiger partial charge on any atom is 0.251 e. The Bertz CT molecular complexity index is 1240. The van der Waals surface area contributed by atoms with Gasteiger partial charge in [-0.25, -0.2) is 10.4 Å². The molecule has 2 aliphatic rings. The van der Waals surface area contributed by atoms with Gasteiger partial charge in [-0.05, 0) is 50.1 Å². The molecule has 5 rings (SSSR count). The van der Waals surface area contributed by atoms with Gasteiger partial charge in [-0.3, -0.25) is 4.79 Å². The predicted molar refractivity (Wildman–Crippen MR) is 136 cm³/mol. The fourth-order valence-corrected chi connectivity index (χ4v) is 4.59. The van der Waals surface area contributed by atoms with Gasteiger partial charge in [0.1, 0.15) is 29.0 Å². The van der Waals surface area contributed by atoms with Crippen molar-refractivity contribution in [3.05, 3.63) is 77.9 Å². The predicted octanol–water partition coefficient (Wildman–Crippen LogP) is 4.97. The highest BCUT2D eigenvalue weighted by Gasteiger charge is 2.41. The van der Waals surface area contributed by atoms with E-state index >= 15 is 0 Å². The largest absolute Gasteiger partial charge is 0.497 e. The Labute approximate surface area is 211 Å². The number of methoxy groups -OCH3 is 1. The number of nitrogens with zero attached hydrogens (tertiary/aromatic N) is 3. The minimum atomic E-state index is -0.294. The number of fused-ring (bicyclic) bond motifs is 1. The van der Waals surface area contributed by atoms with E-state index in [1.54, 1.807) is 18.2 Å². The number of hydrogen-bond acceptors (Lipinski definition) is 7. The zero-order valence-electron chi connectivity index (χ0n) is 20.9. The third-order valence-electron chi connectivity index (χ3n) is 6.67. The molecule has 8 heteroatoms. The minimum Gasteiger partial charge on any atom is -0.497 e. The lowest BCUT2D eigenvalue weighted by Gasteiger charge is -2.31. The molecule has 2 atom stereocenters. The van der Waals surface area contributed by atoms with Gasteiger partial charge >= 0.3 is 0 Å². The summed E-state index contributed by atoms with van der Waals surface area (Å²) in [4.78, 5) is 19.8. The Kier molecular flexibility index (Phi) is 6.95. The van der Waals surface area contributed by atoms with Crippen molar-refractivity contribution in [2.24, 2.45) is 0 Å².